The van der Waals surface area contributed by atoms with Crippen molar-refractivity contribution in [2.75, 3.05) is 20.1 Å². The second kappa shape index (κ2) is 10.1. The molecule has 1 rings (SSSR count). The maximum absolute atomic E-state index is 12.3. The highest BCUT2D eigenvalue weighted by Crippen LogP contribution is 2.23. The van der Waals surface area contributed by atoms with E-state index >= 15 is 0 Å². The molecule has 1 aromatic rings. The van der Waals surface area contributed by atoms with Crippen LogP contribution in [-0.4, -0.2) is 49.1 Å². The zero-order valence-electron chi connectivity index (χ0n) is 14.8. The van der Waals surface area contributed by atoms with Crippen LogP contribution in [0.4, 0.5) is 0 Å². The molecular weight excluding hydrogens is 344 g/mol. The van der Waals surface area contributed by atoms with E-state index in [0.717, 1.165) is 16.7 Å². The van der Waals surface area contributed by atoms with Crippen LogP contribution in [0.3, 0.4) is 0 Å². The summed E-state index contributed by atoms with van der Waals surface area (Å²) in [5.41, 5.74) is 2.56. The average Bonchev–Trinajstić information content (AvgIpc) is 2.57. The van der Waals surface area contributed by atoms with Crippen molar-refractivity contribution in [1.82, 2.24) is 16.0 Å². The van der Waals surface area contributed by atoms with Crippen LogP contribution >= 0.6 is 0 Å². The number of carboxylic acids is 1. The van der Waals surface area contributed by atoms with Crippen LogP contribution < -0.4 is 20.8 Å². The predicted molar refractivity (Wildman–Crippen MR) is 92.5 cm³/mol. The molecule has 1 unspecified atom stereocenters. The SMILES string of the molecule is CNC(Cc1c(C)cc(ON=O)cc1C)C(=O)NCC(=O)NCC(=O)O. The molecule has 1 atom stereocenters. The van der Waals surface area contributed by atoms with Gasteiger partial charge in [0.2, 0.25) is 11.8 Å². The van der Waals surface area contributed by atoms with E-state index in [9.17, 15) is 19.3 Å². The van der Waals surface area contributed by atoms with E-state index in [-0.39, 0.29) is 6.54 Å². The van der Waals surface area contributed by atoms with Crippen molar-refractivity contribution in [1.29, 1.82) is 0 Å². The lowest BCUT2D eigenvalue weighted by atomic mass is 9.95. The highest BCUT2D eigenvalue weighted by molar-refractivity contribution is 5.88. The monoisotopic (exact) mass is 366 g/mol. The van der Waals surface area contributed by atoms with Crippen molar-refractivity contribution in [2.24, 2.45) is 5.34 Å². The third-order valence-electron chi connectivity index (χ3n) is 3.75. The van der Waals surface area contributed by atoms with Gasteiger partial charge in [0.25, 0.3) is 0 Å². The highest BCUT2D eigenvalue weighted by atomic mass is 16.7. The first-order valence-electron chi connectivity index (χ1n) is 7.81. The molecule has 0 aromatic heterocycles. The molecule has 142 valence electrons. The fourth-order valence-corrected chi connectivity index (χ4v) is 2.43. The highest BCUT2D eigenvalue weighted by Gasteiger charge is 2.20. The zero-order valence-corrected chi connectivity index (χ0v) is 14.8. The summed E-state index contributed by atoms with van der Waals surface area (Å²) in [5.74, 6) is -1.84. The Hall–Kier alpha value is -3.01. The molecule has 0 aliphatic heterocycles. The van der Waals surface area contributed by atoms with Crippen LogP contribution in [-0.2, 0) is 20.8 Å². The van der Waals surface area contributed by atoms with Gasteiger partial charge in [-0.1, -0.05) is 0 Å². The van der Waals surface area contributed by atoms with E-state index in [1.165, 1.54) is 0 Å². The van der Waals surface area contributed by atoms with Crippen molar-refractivity contribution in [3.8, 4) is 5.75 Å². The van der Waals surface area contributed by atoms with E-state index in [2.05, 4.69) is 26.1 Å². The lowest BCUT2D eigenvalue weighted by molar-refractivity contribution is -0.137. The molecule has 0 aliphatic rings. The molecule has 10 heteroatoms. The molecule has 0 saturated carbocycles. The lowest BCUT2D eigenvalue weighted by Crippen LogP contribution is -2.47. The number of hydrogen-bond donors (Lipinski definition) is 4. The number of hydrogen-bond acceptors (Lipinski definition) is 7. The fraction of sp³-hybridized carbons (Fsp3) is 0.438. The van der Waals surface area contributed by atoms with Crippen molar-refractivity contribution in [3.05, 3.63) is 33.7 Å². The summed E-state index contributed by atoms with van der Waals surface area (Å²) in [6.07, 6.45) is 0.353. The number of benzene rings is 1. The second-order valence-corrected chi connectivity index (χ2v) is 5.64. The third-order valence-corrected chi connectivity index (χ3v) is 3.75. The van der Waals surface area contributed by atoms with Gasteiger partial charge >= 0.3 is 5.97 Å². The molecule has 26 heavy (non-hydrogen) atoms. The number of likely N-dealkylation sites (N-methyl/N-ethyl adjacent to an activating group) is 1. The Morgan fingerprint density at radius 3 is 2.27 bits per heavy atom. The van der Waals surface area contributed by atoms with Crippen LogP contribution in [0.2, 0.25) is 0 Å². The first kappa shape index (κ1) is 21.0. The quantitative estimate of drug-likeness (QED) is 0.331. The fourth-order valence-electron chi connectivity index (χ4n) is 2.43. The van der Waals surface area contributed by atoms with Gasteiger partial charge in [-0.3, -0.25) is 14.4 Å². The number of carbonyl (C=O) groups is 3. The number of aryl methyl sites for hydroxylation is 2. The van der Waals surface area contributed by atoms with Gasteiger partial charge in [0.1, 0.15) is 6.54 Å². The first-order valence-corrected chi connectivity index (χ1v) is 7.81. The molecule has 1 aromatic carbocycles. The Kier molecular flexibility index (Phi) is 8.16. The Bertz CT molecular complexity index is 668. The van der Waals surface area contributed by atoms with Gasteiger partial charge in [-0.05, 0) is 56.1 Å². The number of carboxylic acid groups (broad SMARTS) is 1. The number of amides is 2. The summed E-state index contributed by atoms with van der Waals surface area (Å²) in [4.78, 5) is 48.9. The van der Waals surface area contributed by atoms with Crippen molar-refractivity contribution >= 4 is 17.8 Å². The minimum atomic E-state index is -1.17. The Morgan fingerprint density at radius 1 is 1.15 bits per heavy atom. The average molecular weight is 366 g/mol. The van der Waals surface area contributed by atoms with Crippen molar-refractivity contribution < 1.29 is 24.3 Å². The maximum Gasteiger partial charge on any atom is 0.322 e. The topological polar surface area (TPSA) is 146 Å². The normalized spacial score (nSPS) is 11.3. The Balaban J connectivity index is 2.71. The minimum absolute atomic E-state index is 0.319. The van der Waals surface area contributed by atoms with Crippen LogP contribution in [0.1, 0.15) is 16.7 Å². The summed E-state index contributed by atoms with van der Waals surface area (Å²) < 4.78 is 0. The van der Waals surface area contributed by atoms with Gasteiger partial charge in [0.05, 0.1) is 12.6 Å². The molecule has 0 fully saturated rings. The maximum atomic E-state index is 12.3. The van der Waals surface area contributed by atoms with E-state index in [0.29, 0.717) is 12.2 Å². The van der Waals surface area contributed by atoms with Crippen LogP contribution in [0.5, 0.6) is 5.75 Å². The molecular formula is C16H22N4O6. The van der Waals surface area contributed by atoms with Gasteiger partial charge in [-0.2, -0.15) is 0 Å². The molecule has 2 amide bonds. The Labute approximate surface area is 150 Å². The van der Waals surface area contributed by atoms with Crippen molar-refractivity contribution in [3.63, 3.8) is 0 Å². The Morgan fingerprint density at radius 2 is 1.77 bits per heavy atom. The van der Waals surface area contributed by atoms with E-state index < -0.39 is 30.4 Å². The summed E-state index contributed by atoms with van der Waals surface area (Å²) >= 11 is 0. The number of nitrogens with zero attached hydrogens (tertiary/aromatic N) is 1. The van der Waals surface area contributed by atoms with Gasteiger partial charge < -0.3 is 25.9 Å². The standard InChI is InChI=1S/C16H22N4O6/c1-9-4-11(26-20-25)5-10(2)12(9)6-13(17-3)16(24)19-7-14(21)18-8-15(22)23/h4-5,13,17H,6-8H2,1-3H3,(H,18,21)(H,19,24)(H,22,23). The minimum Gasteiger partial charge on any atom is -0.480 e. The molecule has 10 nitrogen and oxygen atoms in total. The molecule has 0 bridgehead atoms. The van der Waals surface area contributed by atoms with Crippen LogP contribution in [0.25, 0.3) is 0 Å². The largest absolute Gasteiger partial charge is 0.480 e. The molecule has 0 heterocycles. The van der Waals surface area contributed by atoms with Crippen LogP contribution in [0.15, 0.2) is 17.5 Å². The summed E-state index contributed by atoms with van der Waals surface area (Å²) in [7, 11) is 1.62. The number of nitrogens with one attached hydrogen (secondary N) is 3. The number of rotatable bonds is 10. The van der Waals surface area contributed by atoms with Gasteiger partial charge in [-0.15, -0.1) is 4.91 Å². The first-order chi connectivity index (χ1) is 12.3. The second-order valence-electron chi connectivity index (χ2n) is 5.64. The molecule has 0 aliphatic carbocycles. The number of aliphatic carboxylic acids is 1. The summed E-state index contributed by atoms with van der Waals surface area (Å²) in [6, 6.07) is 2.69. The van der Waals surface area contributed by atoms with E-state index in [1.54, 1.807) is 19.2 Å². The van der Waals surface area contributed by atoms with Gasteiger partial charge in [0, 0.05) is 0 Å². The van der Waals surface area contributed by atoms with Gasteiger partial charge in [0.15, 0.2) is 11.1 Å². The molecule has 4 N–H and O–H groups in total. The zero-order chi connectivity index (χ0) is 19.7. The molecule has 0 spiro atoms. The summed E-state index contributed by atoms with van der Waals surface area (Å²) in [6.45, 7) is 2.82. The lowest BCUT2D eigenvalue weighted by Gasteiger charge is -2.19. The number of carbonyl (C=O) groups excluding carboxylic acids is 2. The van der Waals surface area contributed by atoms with E-state index in [4.69, 9.17) is 5.11 Å². The smallest absolute Gasteiger partial charge is 0.322 e. The van der Waals surface area contributed by atoms with Crippen molar-refractivity contribution in [2.45, 2.75) is 26.3 Å². The van der Waals surface area contributed by atoms with Gasteiger partial charge in [-0.25, -0.2) is 0 Å². The van der Waals surface area contributed by atoms with Crippen LogP contribution in [0, 0.1) is 18.8 Å². The molecule has 0 radical (unpaired) electrons. The molecule has 0 saturated heterocycles. The third kappa shape index (κ3) is 6.48. The van der Waals surface area contributed by atoms with E-state index in [1.807, 2.05) is 13.8 Å². The predicted octanol–water partition coefficient (Wildman–Crippen LogP) is -0.189. The summed E-state index contributed by atoms with van der Waals surface area (Å²) in [5, 5.41) is 18.4.